The van der Waals surface area contributed by atoms with Crippen molar-refractivity contribution in [2.75, 3.05) is 44.8 Å². The van der Waals surface area contributed by atoms with Crippen molar-refractivity contribution in [2.45, 2.75) is 25.3 Å². The van der Waals surface area contributed by atoms with Crippen LogP contribution in [0, 0.1) is 0 Å². The van der Waals surface area contributed by atoms with Crippen LogP contribution in [0.3, 0.4) is 0 Å². The summed E-state index contributed by atoms with van der Waals surface area (Å²) in [6.45, 7) is 4.12. The van der Waals surface area contributed by atoms with Gasteiger partial charge in [0.05, 0.1) is 18.8 Å². The zero-order chi connectivity index (χ0) is 19.3. The van der Waals surface area contributed by atoms with Gasteiger partial charge in [0.25, 0.3) is 5.91 Å². The van der Waals surface area contributed by atoms with E-state index in [0.29, 0.717) is 5.69 Å². The predicted octanol–water partition coefficient (Wildman–Crippen LogP) is 3.13. The van der Waals surface area contributed by atoms with E-state index in [1.807, 2.05) is 42.1 Å². The Kier molecular flexibility index (Phi) is 6.22. The van der Waals surface area contributed by atoms with Crippen molar-refractivity contribution in [3.05, 3.63) is 36.0 Å². The molecule has 1 N–H and O–H groups in total. The highest BCUT2D eigenvalue weighted by Crippen LogP contribution is 2.25. The summed E-state index contributed by atoms with van der Waals surface area (Å²) in [4.78, 5) is 17.9. The first-order valence-electron chi connectivity index (χ1n) is 10.1. The second-order valence-electron chi connectivity index (χ2n) is 7.49. The highest BCUT2D eigenvalue weighted by atomic mass is 32.2. The summed E-state index contributed by atoms with van der Waals surface area (Å²) in [5.41, 5.74) is 2.27. The molecular weight excluding hydrogens is 372 g/mol. The fourth-order valence-corrected chi connectivity index (χ4v) is 5.08. The number of aromatic nitrogens is 2. The van der Waals surface area contributed by atoms with E-state index in [-0.39, 0.29) is 11.9 Å². The second kappa shape index (κ2) is 9.01. The molecule has 2 aromatic rings. The lowest BCUT2D eigenvalue weighted by molar-refractivity contribution is 0.0660. The van der Waals surface area contributed by atoms with Crippen molar-refractivity contribution in [1.29, 1.82) is 0 Å². The number of ether oxygens (including phenoxy) is 1. The lowest BCUT2D eigenvalue weighted by atomic mass is 10.1. The first-order chi connectivity index (χ1) is 13.7. The molecular formula is C21H28N4O2S. The molecule has 4 rings (SSSR count). The summed E-state index contributed by atoms with van der Waals surface area (Å²) >= 11 is 1.97. The van der Waals surface area contributed by atoms with Crippen molar-refractivity contribution in [3.63, 3.8) is 0 Å². The molecule has 1 aromatic heterocycles. The lowest BCUT2D eigenvalue weighted by Gasteiger charge is -2.32. The third-order valence-corrected chi connectivity index (χ3v) is 6.74. The number of hydrogen-bond donors (Lipinski definition) is 1. The minimum atomic E-state index is 0.0633. The molecule has 2 aliphatic rings. The summed E-state index contributed by atoms with van der Waals surface area (Å²) in [7, 11) is 1.65. The molecule has 150 valence electrons. The average Bonchev–Trinajstić information content (AvgIpc) is 3.37. The van der Waals surface area contributed by atoms with E-state index in [1.165, 1.54) is 12.8 Å². The molecule has 1 atom stereocenters. The number of rotatable bonds is 5. The smallest absolute Gasteiger partial charge is 0.272 e. The van der Waals surface area contributed by atoms with Crippen LogP contribution >= 0.6 is 11.8 Å². The number of methoxy groups -OCH3 is 1. The molecule has 0 saturated carbocycles. The molecule has 2 aliphatic heterocycles. The Bertz CT molecular complexity index is 803. The topological polar surface area (TPSA) is 61.5 Å². The average molecular weight is 401 g/mol. The van der Waals surface area contributed by atoms with Gasteiger partial charge in [-0.25, -0.2) is 0 Å². The van der Waals surface area contributed by atoms with Crippen LogP contribution in [0.2, 0.25) is 0 Å². The van der Waals surface area contributed by atoms with Gasteiger partial charge in [0.1, 0.15) is 11.4 Å². The van der Waals surface area contributed by atoms with Crippen molar-refractivity contribution in [1.82, 2.24) is 20.0 Å². The number of H-pyrrole nitrogens is 1. The number of nitrogens with one attached hydrogen (secondary N) is 1. The molecule has 0 radical (unpaired) electrons. The fourth-order valence-electron chi connectivity index (χ4n) is 4.03. The number of benzene rings is 1. The molecule has 0 aliphatic carbocycles. The molecule has 1 amide bonds. The van der Waals surface area contributed by atoms with Crippen molar-refractivity contribution in [3.8, 4) is 17.0 Å². The van der Waals surface area contributed by atoms with Gasteiger partial charge in [-0.1, -0.05) is 12.1 Å². The molecule has 2 saturated heterocycles. The summed E-state index contributed by atoms with van der Waals surface area (Å²) in [6, 6.07) is 9.88. The number of carbonyl (C=O) groups excluding carboxylic acids is 1. The van der Waals surface area contributed by atoms with Crippen molar-refractivity contribution in [2.24, 2.45) is 0 Å². The first-order valence-corrected chi connectivity index (χ1v) is 11.2. The van der Waals surface area contributed by atoms with Crippen LogP contribution in [0.4, 0.5) is 0 Å². The summed E-state index contributed by atoms with van der Waals surface area (Å²) in [5.74, 6) is 2.98. The minimum absolute atomic E-state index is 0.0633. The lowest BCUT2D eigenvalue weighted by Crippen LogP contribution is -2.47. The van der Waals surface area contributed by atoms with E-state index in [2.05, 4.69) is 20.0 Å². The predicted molar refractivity (Wildman–Crippen MR) is 113 cm³/mol. The highest BCUT2D eigenvalue weighted by Gasteiger charge is 2.30. The summed E-state index contributed by atoms with van der Waals surface area (Å²) in [6.07, 6.45) is 3.60. The zero-order valence-corrected chi connectivity index (χ0v) is 17.2. The number of likely N-dealkylation sites (tertiary alicyclic amines) is 1. The fraction of sp³-hybridized carbons (Fsp3) is 0.524. The van der Waals surface area contributed by atoms with E-state index in [9.17, 15) is 4.79 Å². The molecule has 3 heterocycles. The third kappa shape index (κ3) is 4.36. The normalized spacial score (nSPS) is 20.9. The van der Waals surface area contributed by atoms with E-state index < -0.39 is 0 Å². The van der Waals surface area contributed by atoms with Crippen LogP contribution in [-0.2, 0) is 0 Å². The van der Waals surface area contributed by atoms with E-state index in [0.717, 1.165) is 61.1 Å². The number of amides is 1. The van der Waals surface area contributed by atoms with Crippen LogP contribution in [0.5, 0.6) is 5.75 Å². The number of carbonyl (C=O) groups is 1. The Balaban J connectivity index is 1.52. The van der Waals surface area contributed by atoms with Gasteiger partial charge in [-0.15, -0.1) is 0 Å². The number of thioether (sulfide) groups is 1. The van der Waals surface area contributed by atoms with Gasteiger partial charge >= 0.3 is 0 Å². The van der Waals surface area contributed by atoms with E-state index in [4.69, 9.17) is 4.74 Å². The van der Waals surface area contributed by atoms with Gasteiger partial charge in [0.15, 0.2) is 0 Å². The maximum Gasteiger partial charge on any atom is 0.272 e. The van der Waals surface area contributed by atoms with Crippen LogP contribution < -0.4 is 4.74 Å². The van der Waals surface area contributed by atoms with Crippen LogP contribution in [0.1, 0.15) is 29.8 Å². The van der Waals surface area contributed by atoms with E-state index in [1.54, 1.807) is 7.11 Å². The Hall–Kier alpha value is -1.99. The first kappa shape index (κ1) is 19.3. The number of nitrogens with zero attached hydrogens (tertiary/aromatic N) is 3. The second-order valence-corrected chi connectivity index (χ2v) is 8.64. The maximum absolute atomic E-state index is 13.3. The summed E-state index contributed by atoms with van der Waals surface area (Å²) in [5, 5.41) is 7.36. The molecule has 28 heavy (non-hydrogen) atoms. The van der Waals surface area contributed by atoms with Gasteiger partial charge in [0.2, 0.25) is 0 Å². The largest absolute Gasteiger partial charge is 0.497 e. The molecule has 0 spiro atoms. The van der Waals surface area contributed by atoms with E-state index >= 15 is 0 Å². The molecule has 0 bridgehead atoms. The Morgan fingerprint density at radius 1 is 1.25 bits per heavy atom. The van der Waals surface area contributed by atoms with Crippen LogP contribution in [0.15, 0.2) is 30.3 Å². The van der Waals surface area contributed by atoms with Gasteiger partial charge in [-0.2, -0.15) is 16.9 Å². The van der Waals surface area contributed by atoms with Crippen molar-refractivity contribution >= 4 is 17.7 Å². The van der Waals surface area contributed by atoms with Gasteiger partial charge in [0, 0.05) is 24.4 Å². The summed E-state index contributed by atoms with van der Waals surface area (Å²) < 4.78 is 5.30. The SMILES string of the molecule is COc1cccc(-c2cc(C(=O)N3CCCSCC3CN3CCCC3)[nH]n2)c1. The molecule has 1 aromatic carbocycles. The minimum Gasteiger partial charge on any atom is -0.497 e. The Labute approximate surface area is 170 Å². The highest BCUT2D eigenvalue weighted by molar-refractivity contribution is 7.99. The quantitative estimate of drug-likeness (QED) is 0.836. The van der Waals surface area contributed by atoms with Crippen LogP contribution in [-0.4, -0.2) is 76.7 Å². The van der Waals surface area contributed by atoms with Gasteiger partial charge in [-0.3, -0.25) is 9.89 Å². The maximum atomic E-state index is 13.3. The number of hydrogen-bond acceptors (Lipinski definition) is 5. The van der Waals surface area contributed by atoms with Crippen molar-refractivity contribution < 1.29 is 9.53 Å². The standard InChI is InChI=1S/C21H28N4O2S/c1-27-18-7-4-6-16(12-18)19-13-20(23-22-19)21(26)25-10-5-11-28-15-17(25)14-24-8-2-3-9-24/h4,6-7,12-13,17H,2-3,5,8-11,14-15H2,1H3,(H,22,23). The molecule has 1 unspecified atom stereocenters. The third-order valence-electron chi connectivity index (χ3n) is 5.54. The van der Waals surface area contributed by atoms with Gasteiger partial charge < -0.3 is 14.5 Å². The Morgan fingerprint density at radius 3 is 2.93 bits per heavy atom. The Morgan fingerprint density at radius 2 is 2.11 bits per heavy atom. The molecule has 2 fully saturated rings. The molecule has 6 nitrogen and oxygen atoms in total. The van der Waals surface area contributed by atoms with Crippen LogP contribution in [0.25, 0.3) is 11.3 Å². The number of aromatic amines is 1. The van der Waals surface area contributed by atoms with Gasteiger partial charge in [-0.05, 0) is 56.3 Å². The zero-order valence-electron chi connectivity index (χ0n) is 16.4. The monoisotopic (exact) mass is 400 g/mol. The molecule has 7 heteroatoms.